The third kappa shape index (κ3) is 3.43. The maximum atomic E-state index is 13.1. The van der Waals surface area contributed by atoms with E-state index >= 15 is 0 Å². The van der Waals surface area contributed by atoms with Crippen LogP contribution in [0.5, 0.6) is 5.75 Å². The average molecular weight is 426 g/mol. The van der Waals surface area contributed by atoms with Gasteiger partial charge in [0.1, 0.15) is 17.0 Å². The first-order valence-electron chi connectivity index (χ1n) is 8.99. The number of hydrogen-bond acceptors (Lipinski definition) is 8. The molecule has 1 aromatic heterocycles. The van der Waals surface area contributed by atoms with Crippen molar-refractivity contribution in [3.8, 4) is 28.6 Å². The molecule has 1 aromatic carbocycles. The molecule has 0 amide bonds. The molecule has 0 atom stereocenters. The van der Waals surface area contributed by atoms with Crippen molar-refractivity contribution in [3.05, 3.63) is 52.6 Å². The summed E-state index contributed by atoms with van der Waals surface area (Å²) in [5.41, 5.74) is 0.787. The molecule has 0 bridgehead atoms. The number of ether oxygens (including phenoxy) is 2. The van der Waals surface area contributed by atoms with Crippen molar-refractivity contribution in [2.24, 2.45) is 0 Å². The number of thioether (sulfide) groups is 1. The summed E-state index contributed by atoms with van der Waals surface area (Å²) < 4.78 is 12.8. The van der Waals surface area contributed by atoms with E-state index in [0.29, 0.717) is 22.5 Å². The molecule has 4 rings (SSSR count). The van der Waals surface area contributed by atoms with Gasteiger partial charge in [-0.15, -0.1) is 5.10 Å². The van der Waals surface area contributed by atoms with E-state index in [2.05, 4.69) is 20.3 Å². The molecular formula is C19H18N6O4S. The number of hydrogen-bond donors (Lipinski definition) is 1. The van der Waals surface area contributed by atoms with Crippen molar-refractivity contribution < 1.29 is 14.3 Å². The topological polar surface area (TPSA) is 117 Å². The van der Waals surface area contributed by atoms with Crippen LogP contribution in [0.15, 0.2) is 46.6 Å². The highest BCUT2D eigenvalue weighted by Crippen LogP contribution is 2.25. The van der Waals surface area contributed by atoms with E-state index < -0.39 is 5.97 Å². The summed E-state index contributed by atoms with van der Waals surface area (Å²) in [7, 11) is 2.83. The highest BCUT2D eigenvalue weighted by molar-refractivity contribution is 7.99. The number of carbonyl (C=O) groups is 1. The van der Waals surface area contributed by atoms with E-state index in [4.69, 9.17) is 9.47 Å². The molecule has 2 aromatic rings. The average Bonchev–Trinajstić information content (AvgIpc) is 3.38. The number of nitrogens with one attached hydrogen (secondary N) is 1. The summed E-state index contributed by atoms with van der Waals surface area (Å²) in [5.74, 6) is 1.22. The van der Waals surface area contributed by atoms with Gasteiger partial charge in [-0.1, -0.05) is 18.7 Å². The van der Waals surface area contributed by atoms with E-state index in [1.165, 1.54) is 34.3 Å². The van der Waals surface area contributed by atoms with Gasteiger partial charge in [0.05, 0.1) is 25.5 Å². The van der Waals surface area contributed by atoms with Crippen molar-refractivity contribution in [3.63, 3.8) is 0 Å². The van der Waals surface area contributed by atoms with Gasteiger partial charge < -0.3 is 9.47 Å². The molecule has 0 spiro atoms. The maximum Gasteiger partial charge on any atom is 0.341 e. The van der Waals surface area contributed by atoms with E-state index in [0.717, 1.165) is 5.75 Å². The van der Waals surface area contributed by atoms with Crippen LogP contribution in [0.3, 0.4) is 0 Å². The normalized spacial score (nSPS) is 11.0. The van der Waals surface area contributed by atoms with Crippen LogP contribution < -0.4 is 10.3 Å². The molecule has 0 saturated heterocycles. The third-order valence-corrected chi connectivity index (χ3v) is 5.09. The molecule has 0 radical (unpaired) electrons. The number of rotatable bonds is 6. The zero-order valence-electron chi connectivity index (χ0n) is 16.4. The minimum atomic E-state index is -0.614. The second kappa shape index (κ2) is 8.03. The van der Waals surface area contributed by atoms with E-state index in [1.54, 1.807) is 37.6 Å². The third-order valence-electron chi connectivity index (χ3n) is 4.36. The van der Waals surface area contributed by atoms with Crippen LogP contribution in [0, 0.1) is 0 Å². The Labute approximate surface area is 175 Å². The number of pyridine rings is 1. The van der Waals surface area contributed by atoms with Crippen LogP contribution in [-0.4, -0.2) is 55.5 Å². The van der Waals surface area contributed by atoms with Crippen molar-refractivity contribution in [1.82, 2.24) is 29.5 Å². The number of aromatic nitrogens is 6. The molecule has 0 saturated carbocycles. The van der Waals surface area contributed by atoms with Gasteiger partial charge in [0.25, 0.3) is 5.56 Å². The van der Waals surface area contributed by atoms with Crippen molar-refractivity contribution in [2.75, 3.05) is 20.0 Å². The Kier molecular flexibility index (Phi) is 5.27. The lowest BCUT2D eigenvalue weighted by Crippen LogP contribution is -2.15. The zero-order chi connectivity index (χ0) is 21.3. The molecule has 0 unspecified atom stereocenters. The second-order valence-corrected chi connectivity index (χ2v) is 7.35. The molecule has 154 valence electrons. The zero-order valence-corrected chi connectivity index (χ0v) is 17.3. The quantitative estimate of drug-likeness (QED) is 0.368. The minimum Gasteiger partial charge on any atom is -0.497 e. The van der Waals surface area contributed by atoms with Crippen LogP contribution in [0.2, 0.25) is 0 Å². The molecule has 3 heterocycles. The monoisotopic (exact) mass is 426 g/mol. The molecule has 11 heteroatoms. The summed E-state index contributed by atoms with van der Waals surface area (Å²) >= 11 is 1.47. The van der Waals surface area contributed by atoms with E-state index in [9.17, 15) is 9.59 Å². The molecule has 30 heavy (non-hydrogen) atoms. The van der Waals surface area contributed by atoms with Crippen LogP contribution in [0.25, 0.3) is 22.9 Å². The minimum absolute atomic E-state index is 0.139. The number of fused-ring (bicyclic) bond motifs is 1. The van der Waals surface area contributed by atoms with Crippen LogP contribution in [0.4, 0.5) is 0 Å². The highest BCUT2D eigenvalue weighted by atomic mass is 32.2. The Morgan fingerprint density at radius 3 is 2.63 bits per heavy atom. The highest BCUT2D eigenvalue weighted by Gasteiger charge is 2.25. The van der Waals surface area contributed by atoms with Crippen LogP contribution >= 0.6 is 11.8 Å². The summed E-state index contributed by atoms with van der Waals surface area (Å²) in [6, 6.07) is 6.87. The Balaban J connectivity index is 1.89. The molecule has 2 aliphatic rings. The fourth-order valence-electron chi connectivity index (χ4n) is 2.93. The van der Waals surface area contributed by atoms with Crippen molar-refractivity contribution >= 4 is 17.7 Å². The van der Waals surface area contributed by atoms with Crippen LogP contribution in [0.1, 0.15) is 17.3 Å². The molecule has 0 aliphatic carbocycles. The number of methoxy groups -OCH3 is 2. The van der Waals surface area contributed by atoms with Gasteiger partial charge in [0, 0.05) is 12.4 Å². The molecule has 1 N–H and O–H groups in total. The van der Waals surface area contributed by atoms with Crippen molar-refractivity contribution in [2.45, 2.75) is 12.1 Å². The number of nitrogens with zero attached hydrogens (tertiary/aromatic N) is 5. The fourth-order valence-corrected chi connectivity index (χ4v) is 3.45. The summed E-state index contributed by atoms with van der Waals surface area (Å²) in [6.07, 6.45) is 3.08. The predicted molar refractivity (Wildman–Crippen MR) is 110 cm³/mol. The Morgan fingerprint density at radius 2 is 1.97 bits per heavy atom. The lowest BCUT2D eigenvalue weighted by atomic mass is 10.1. The van der Waals surface area contributed by atoms with Crippen molar-refractivity contribution in [1.29, 1.82) is 0 Å². The summed E-state index contributed by atoms with van der Waals surface area (Å²) in [5, 5.41) is 11.9. The first-order chi connectivity index (χ1) is 14.5. The van der Waals surface area contributed by atoms with Gasteiger partial charge in [0.15, 0.2) is 0 Å². The lowest BCUT2D eigenvalue weighted by molar-refractivity contribution is 0.0600. The second-order valence-electron chi connectivity index (χ2n) is 6.12. The van der Waals surface area contributed by atoms with Gasteiger partial charge in [-0.3, -0.25) is 9.36 Å². The van der Waals surface area contributed by atoms with Gasteiger partial charge >= 0.3 is 5.97 Å². The largest absolute Gasteiger partial charge is 0.497 e. The number of carbonyl (C=O) groups excluding carboxylic acids is 1. The predicted octanol–water partition coefficient (Wildman–Crippen LogP) is 2.15. The smallest absolute Gasteiger partial charge is 0.341 e. The standard InChI is InChI=1S/C19H18N6O4S/c1-4-30-19-20-18(21-22-19)24-9-13-15(14(10-24)17(27)29-3)23-25(16(13)26)11-5-7-12(28-2)8-6-11/h5-10H,4H2,1-3H3,(H,20,21,22). The SMILES string of the molecule is CCSc1n[nH]c(-n2cc(C(=O)OC)c3nn(-c4ccc(OC)cc4)c(=O)c-3c2)n1. The Morgan fingerprint density at radius 1 is 1.20 bits per heavy atom. The summed E-state index contributed by atoms with van der Waals surface area (Å²) in [4.78, 5) is 29.9. The molecule has 2 aliphatic heterocycles. The fraction of sp³-hybridized carbons (Fsp3) is 0.211. The maximum absolute atomic E-state index is 13.1. The van der Waals surface area contributed by atoms with Gasteiger partial charge in [-0.25, -0.2) is 9.89 Å². The lowest BCUT2D eigenvalue weighted by Gasteiger charge is -2.08. The molecule has 10 nitrogen and oxygen atoms in total. The summed E-state index contributed by atoms with van der Waals surface area (Å²) in [6.45, 7) is 1.99. The van der Waals surface area contributed by atoms with E-state index in [1.807, 2.05) is 6.92 Å². The number of aromatic amines is 1. The van der Waals surface area contributed by atoms with Gasteiger partial charge in [-0.2, -0.15) is 14.8 Å². The number of esters is 1. The van der Waals surface area contributed by atoms with Gasteiger partial charge in [0.2, 0.25) is 11.1 Å². The van der Waals surface area contributed by atoms with Crippen LogP contribution in [-0.2, 0) is 4.74 Å². The first-order valence-corrected chi connectivity index (χ1v) is 9.97. The molecule has 0 fully saturated rings. The number of benzene rings is 1. The van der Waals surface area contributed by atoms with Gasteiger partial charge in [-0.05, 0) is 30.0 Å². The number of H-pyrrole nitrogens is 1. The Hall–Kier alpha value is -3.60. The first kappa shape index (κ1) is 19.7. The Bertz CT molecular complexity index is 1230. The molecular weight excluding hydrogens is 408 g/mol. The van der Waals surface area contributed by atoms with E-state index in [-0.39, 0.29) is 22.4 Å².